The molecule has 0 saturated heterocycles. The average molecular weight is 237 g/mol. The van der Waals surface area contributed by atoms with E-state index in [1.54, 1.807) is 18.2 Å². The summed E-state index contributed by atoms with van der Waals surface area (Å²) < 4.78 is 0. The Kier molecular flexibility index (Phi) is 4.96. The van der Waals surface area contributed by atoms with Crippen LogP contribution < -0.4 is 16.1 Å². The Hall–Kier alpha value is -2.08. The van der Waals surface area contributed by atoms with Crippen LogP contribution in [0.25, 0.3) is 0 Å². The van der Waals surface area contributed by atoms with Gasteiger partial charge in [-0.1, -0.05) is 6.07 Å². The van der Waals surface area contributed by atoms with Crippen LogP contribution in [0, 0.1) is 0 Å². The van der Waals surface area contributed by atoms with Crippen molar-refractivity contribution in [1.82, 2.24) is 10.6 Å². The van der Waals surface area contributed by atoms with E-state index in [0.29, 0.717) is 24.3 Å². The highest BCUT2D eigenvalue weighted by Gasteiger charge is 2.05. The van der Waals surface area contributed by atoms with Crippen LogP contribution in [0.15, 0.2) is 24.3 Å². The van der Waals surface area contributed by atoms with E-state index in [2.05, 4.69) is 10.6 Å². The third kappa shape index (κ3) is 4.52. The molecule has 0 spiro atoms. The molecule has 17 heavy (non-hydrogen) atoms. The maximum atomic E-state index is 11.6. The molecule has 0 bridgehead atoms. The van der Waals surface area contributed by atoms with E-state index < -0.39 is 0 Å². The molecule has 0 radical (unpaired) electrons. The van der Waals surface area contributed by atoms with E-state index in [-0.39, 0.29) is 11.8 Å². The zero-order valence-electron chi connectivity index (χ0n) is 9.49. The Morgan fingerprint density at radius 2 is 1.94 bits per heavy atom. The summed E-state index contributed by atoms with van der Waals surface area (Å²) in [6.45, 7) is 2.16. The van der Waals surface area contributed by atoms with E-state index in [4.69, 9.17) is 5.21 Å². The third-order valence-electron chi connectivity index (χ3n) is 2.04. The molecule has 6 heteroatoms. The van der Waals surface area contributed by atoms with Gasteiger partial charge < -0.3 is 10.6 Å². The Bertz CT molecular complexity index is 407. The first-order valence-corrected chi connectivity index (χ1v) is 5.16. The summed E-state index contributed by atoms with van der Waals surface area (Å²) in [5.74, 6) is -0.391. The van der Waals surface area contributed by atoms with Gasteiger partial charge in [-0.3, -0.25) is 20.3 Å². The molecule has 0 unspecified atom stereocenters. The molecular formula is C11H15N3O3. The molecule has 6 nitrogen and oxygen atoms in total. The van der Waals surface area contributed by atoms with Crippen LogP contribution in [-0.4, -0.2) is 30.1 Å². The second-order valence-corrected chi connectivity index (χ2v) is 3.43. The van der Waals surface area contributed by atoms with Gasteiger partial charge in [0.05, 0.1) is 5.69 Å². The first-order chi connectivity index (χ1) is 8.13. The van der Waals surface area contributed by atoms with Gasteiger partial charge in [0.2, 0.25) is 5.91 Å². The normalized spacial score (nSPS) is 9.53. The Balaban J connectivity index is 2.43. The van der Waals surface area contributed by atoms with Crippen LogP contribution in [0.4, 0.5) is 5.69 Å². The van der Waals surface area contributed by atoms with Gasteiger partial charge in [-0.2, -0.15) is 0 Å². The van der Waals surface area contributed by atoms with Crippen molar-refractivity contribution in [3.8, 4) is 0 Å². The first kappa shape index (κ1) is 13.0. The fourth-order valence-electron chi connectivity index (χ4n) is 1.25. The van der Waals surface area contributed by atoms with E-state index in [9.17, 15) is 9.59 Å². The molecule has 2 amide bonds. The fraction of sp³-hybridized carbons (Fsp3) is 0.273. The zero-order chi connectivity index (χ0) is 12.7. The number of carbonyl (C=O) groups is 2. The largest absolute Gasteiger partial charge is 0.355 e. The smallest absolute Gasteiger partial charge is 0.251 e. The summed E-state index contributed by atoms with van der Waals surface area (Å²) in [7, 11) is 0. The summed E-state index contributed by atoms with van der Waals surface area (Å²) >= 11 is 0. The number of amides is 2. The lowest BCUT2D eigenvalue weighted by molar-refractivity contribution is -0.118. The van der Waals surface area contributed by atoms with Crippen molar-refractivity contribution in [2.45, 2.75) is 6.92 Å². The van der Waals surface area contributed by atoms with E-state index in [0.717, 1.165) is 0 Å². The minimum atomic E-state index is -0.257. The lowest BCUT2D eigenvalue weighted by atomic mass is 10.2. The summed E-state index contributed by atoms with van der Waals surface area (Å²) in [5.41, 5.74) is 2.85. The lowest BCUT2D eigenvalue weighted by Crippen LogP contribution is -2.33. The van der Waals surface area contributed by atoms with Crippen molar-refractivity contribution >= 4 is 17.5 Å². The van der Waals surface area contributed by atoms with E-state index in [1.807, 2.05) is 5.48 Å². The zero-order valence-corrected chi connectivity index (χ0v) is 9.49. The van der Waals surface area contributed by atoms with Gasteiger partial charge in [-0.05, 0) is 18.2 Å². The minimum Gasteiger partial charge on any atom is -0.355 e. The quantitative estimate of drug-likeness (QED) is 0.439. The number of benzene rings is 1. The number of hydrogen-bond acceptors (Lipinski definition) is 4. The first-order valence-electron chi connectivity index (χ1n) is 5.16. The average Bonchev–Trinajstić information content (AvgIpc) is 2.34. The van der Waals surface area contributed by atoms with Crippen LogP contribution in [-0.2, 0) is 4.79 Å². The minimum absolute atomic E-state index is 0.134. The Morgan fingerprint density at radius 3 is 2.59 bits per heavy atom. The van der Waals surface area contributed by atoms with Crippen LogP contribution in [0.5, 0.6) is 0 Å². The Labute approximate surface area is 99.0 Å². The Morgan fingerprint density at radius 1 is 1.24 bits per heavy atom. The SMILES string of the molecule is CC(=O)NCCNC(=O)c1cccc(NO)c1. The standard InChI is InChI=1S/C11H15N3O3/c1-8(15)12-5-6-13-11(16)9-3-2-4-10(7-9)14-17/h2-4,7,14,17H,5-6H2,1H3,(H,12,15)(H,13,16). The van der Waals surface area contributed by atoms with Gasteiger partial charge in [0.15, 0.2) is 0 Å². The van der Waals surface area contributed by atoms with Gasteiger partial charge in [0, 0.05) is 25.6 Å². The maximum absolute atomic E-state index is 11.6. The second-order valence-electron chi connectivity index (χ2n) is 3.43. The number of hydrogen-bond donors (Lipinski definition) is 4. The van der Waals surface area contributed by atoms with Crippen molar-refractivity contribution in [2.24, 2.45) is 0 Å². The molecule has 0 saturated carbocycles. The van der Waals surface area contributed by atoms with Crippen LogP contribution >= 0.6 is 0 Å². The fourth-order valence-corrected chi connectivity index (χ4v) is 1.25. The molecule has 1 aromatic rings. The number of carbonyl (C=O) groups excluding carboxylic acids is 2. The predicted molar refractivity (Wildman–Crippen MR) is 62.9 cm³/mol. The molecule has 92 valence electrons. The topological polar surface area (TPSA) is 90.5 Å². The highest BCUT2D eigenvalue weighted by atomic mass is 16.5. The van der Waals surface area contributed by atoms with E-state index >= 15 is 0 Å². The predicted octanol–water partition coefficient (Wildman–Crippen LogP) is 0.354. The maximum Gasteiger partial charge on any atom is 0.251 e. The third-order valence-corrected chi connectivity index (χ3v) is 2.04. The number of rotatable bonds is 5. The molecule has 4 N–H and O–H groups in total. The van der Waals surface area contributed by atoms with Gasteiger partial charge in [0.1, 0.15) is 0 Å². The van der Waals surface area contributed by atoms with Crippen molar-refractivity contribution < 1.29 is 14.8 Å². The highest BCUT2D eigenvalue weighted by Crippen LogP contribution is 2.09. The molecule has 0 fully saturated rings. The molecule has 0 atom stereocenters. The van der Waals surface area contributed by atoms with Crippen molar-refractivity contribution in [1.29, 1.82) is 0 Å². The summed E-state index contributed by atoms with van der Waals surface area (Å²) in [6.07, 6.45) is 0. The van der Waals surface area contributed by atoms with Gasteiger partial charge >= 0.3 is 0 Å². The summed E-state index contributed by atoms with van der Waals surface area (Å²) in [4.78, 5) is 22.2. The molecule has 1 rings (SSSR count). The molecule has 0 aliphatic heterocycles. The van der Waals surface area contributed by atoms with Gasteiger partial charge in [0.25, 0.3) is 5.91 Å². The van der Waals surface area contributed by atoms with Crippen LogP contribution in [0.3, 0.4) is 0 Å². The monoisotopic (exact) mass is 237 g/mol. The molecule has 0 aromatic heterocycles. The van der Waals surface area contributed by atoms with Crippen molar-refractivity contribution in [3.05, 3.63) is 29.8 Å². The van der Waals surface area contributed by atoms with Crippen molar-refractivity contribution in [3.63, 3.8) is 0 Å². The van der Waals surface area contributed by atoms with Gasteiger partial charge in [-0.15, -0.1) is 0 Å². The van der Waals surface area contributed by atoms with Crippen LogP contribution in [0.1, 0.15) is 17.3 Å². The van der Waals surface area contributed by atoms with Crippen LogP contribution in [0.2, 0.25) is 0 Å². The molecular weight excluding hydrogens is 222 g/mol. The number of anilines is 1. The molecule has 0 heterocycles. The molecule has 1 aromatic carbocycles. The number of nitrogens with one attached hydrogen (secondary N) is 3. The lowest BCUT2D eigenvalue weighted by Gasteiger charge is -2.06. The highest BCUT2D eigenvalue weighted by molar-refractivity contribution is 5.95. The molecule has 0 aliphatic rings. The second kappa shape index (κ2) is 6.49. The summed E-state index contributed by atoms with van der Waals surface area (Å²) in [5, 5.41) is 13.9. The summed E-state index contributed by atoms with van der Waals surface area (Å²) in [6, 6.07) is 6.44. The molecule has 0 aliphatic carbocycles. The van der Waals surface area contributed by atoms with Gasteiger partial charge in [-0.25, -0.2) is 0 Å². The van der Waals surface area contributed by atoms with Crippen molar-refractivity contribution in [2.75, 3.05) is 18.6 Å². The van der Waals surface area contributed by atoms with E-state index in [1.165, 1.54) is 13.0 Å².